The Morgan fingerprint density at radius 1 is 1.36 bits per heavy atom. The van der Waals surface area contributed by atoms with Gasteiger partial charge in [0, 0.05) is 12.2 Å². The zero-order chi connectivity index (χ0) is 16.3. The average Bonchev–Trinajstić information content (AvgIpc) is 2.87. The highest BCUT2D eigenvalue weighted by Crippen LogP contribution is 2.28. The third kappa shape index (κ3) is 3.40. The number of hydrogen-bond donors (Lipinski definition) is 1. The number of urea groups is 1. The number of nitrogens with one attached hydrogen (secondary N) is 1. The highest BCUT2D eigenvalue weighted by molar-refractivity contribution is 5.96. The molecule has 2 amide bonds. The van der Waals surface area contributed by atoms with Gasteiger partial charge in [0.1, 0.15) is 6.04 Å². The molecule has 1 atom stereocenters. The first kappa shape index (κ1) is 16.3. The minimum atomic E-state index is -0.623. The monoisotopic (exact) mass is 304 g/mol. The van der Waals surface area contributed by atoms with Crippen molar-refractivity contribution in [3.05, 3.63) is 29.3 Å². The lowest BCUT2D eigenvalue weighted by molar-refractivity contribution is -0.146. The van der Waals surface area contributed by atoms with E-state index in [0.29, 0.717) is 13.2 Å². The Morgan fingerprint density at radius 2 is 2.09 bits per heavy atom. The van der Waals surface area contributed by atoms with Gasteiger partial charge in [-0.1, -0.05) is 31.5 Å². The normalized spacial score (nSPS) is 14.7. The minimum absolute atomic E-state index is 0.0249. The summed E-state index contributed by atoms with van der Waals surface area (Å²) >= 11 is 0. The molecule has 0 radical (unpaired) electrons. The third-order valence-electron chi connectivity index (χ3n) is 3.86. The molecule has 5 heteroatoms. The lowest BCUT2D eigenvalue weighted by atomic mass is 10.1. The number of carbonyl (C=O) groups excluding carboxylic acids is 2. The quantitative estimate of drug-likeness (QED) is 0.870. The Labute approximate surface area is 131 Å². The van der Waals surface area contributed by atoms with Crippen molar-refractivity contribution >= 4 is 17.7 Å². The van der Waals surface area contributed by atoms with E-state index in [0.717, 1.165) is 12.1 Å². The minimum Gasteiger partial charge on any atom is -0.464 e. The number of benzene rings is 1. The van der Waals surface area contributed by atoms with Gasteiger partial charge in [-0.05, 0) is 37.8 Å². The summed E-state index contributed by atoms with van der Waals surface area (Å²) in [5, 5.41) is 2.81. The number of carbonyl (C=O) groups is 2. The summed E-state index contributed by atoms with van der Waals surface area (Å²) < 4.78 is 5.04. The van der Waals surface area contributed by atoms with Gasteiger partial charge in [0.05, 0.1) is 6.61 Å². The Balaban J connectivity index is 2.11. The van der Waals surface area contributed by atoms with Crippen molar-refractivity contribution in [2.75, 3.05) is 18.1 Å². The van der Waals surface area contributed by atoms with Crippen molar-refractivity contribution in [1.82, 2.24) is 5.32 Å². The van der Waals surface area contributed by atoms with Crippen LogP contribution in [0.5, 0.6) is 0 Å². The SMILES string of the molecule is CCOC(=O)C(NC(=O)N1CCc2cc(C)ccc21)C(C)C. The van der Waals surface area contributed by atoms with Crippen LogP contribution < -0.4 is 10.2 Å². The highest BCUT2D eigenvalue weighted by atomic mass is 16.5. The first-order valence-electron chi connectivity index (χ1n) is 7.78. The molecule has 22 heavy (non-hydrogen) atoms. The maximum atomic E-state index is 12.5. The first-order chi connectivity index (χ1) is 10.4. The van der Waals surface area contributed by atoms with Crippen LogP contribution in [0.15, 0.2) is 18.2 Å². The van der Waals surface area contributed by atoms with Gasteiger partial charge in [0.25, 0.3) is 0 Å². The molecule has 120 valence electrons. The van der Waals surface area contributed by atoms with Gasteiger partial charge in [0.15, 0.2) is 0 Å². The molecule has 0 saturated heterocycles. The second-order valence-electron chi connectivity index (χ2n) is 5.96. The van der Waals surface area contributed by atoms with Gasteiger partial charge in [-0.3, -0.25) is 4.90 Å². The van der Waals surface area contributed by atoms with Crippen LogP contribution in [-0.4, -0.2) is 31.2 Å². The number of esters is 1. The number of nitrogens with zero attached hydrogens (tertiary/aromatic N) is 1. The zero-order valence-corrected chi connectivity index (χ0v) is 13.7. The van der Waals surface area contributed by atoms with Crippen molar-refractivity contribution in [1.29, 1.82) is 0 Å². The van der Waals surface area contributed by atoms with Crippen molar-refractivity contribution < 1.29 is 14.3 Å². The van der Waals surface area contributed by atoms with Crippen LogP contribution in [0.3, 0.4) is 0 Å². The molecule has 1 aromatic carbocycles. The Kier molecular flexibility index (Phi) is 5.06. The van der Waals surface area contributed by atoms with E-state index in [4.69, 9.17) is 4.74 Å². The summed E-state index contributed by atoms with van der Waals surface area (Å²) in [6, 6.07) is 5.20. The molecule has 0 spiro atoms. The Bertz CT molecular complexity index is 569. The van der Waals surface area contributed by atoms with E-state index >= 15 is 0 Å². The van der Waals surface area contributed by atoms with Gasteiger partial charge >= 0.3 is 12.0 Å². The van der Waals surface area contributed by atoms with Crippen LogP contribution in [0.1, 0.15) is 31.9 Å². The molecule has 0 aliphatic carbocycles. The summed E-state index contributed by atoms with van der Waals surface area (Å²) in [6.07, 6.45) is 0.843. The number of amides is 2. The molecule has 1 unspecified atom stereocenters. The number of hydrogen-bond acceptors (Lipinski definition) is 3. The summed E-state index contributed by atoms with van der Waals surface area (Å²) in [5.74, 6) is -0.405. The number of ether oxygens (including phenoxy) is 1. The van der Waals surface area contributed by atoms with Crippen LogP contribution in [0.25, 0.3) is 0 Å². The van der Waals surface area contributed by atoms with E-state index in [-0.39, 0.29) is 17.9 Å². The lowest BCUT2D eigenvalue weighted by Gasteiger charge is -2.25. The van der Waals surface area contributed by atoms with Gasteiger partial charge < -0.3 is 10.1 Å². The third-order valence-corrected chi connectivity index (χ3v) is 3.86. The fourth-order valence-electron chi connectivity index (χ4n) is 2.68. The molecular weight excluding hydrogens is 280 g/mol. The number of aryl methyl sites for hydroxylation is 1. The van der Waals surface area contributed by atoms with Gasteiger partial charge in [-0.2, -0.15) is 0 Å². The highest BCUT2D eigenvalue weighted by Gasteiger charge is 2.30. The van der Waals surface area contributed by atoms with Crippen molar-refractivity contribution in [2.45, 2.75) is 40.2 Å². The van der Waals surface area contributed by atoms with Crippen molar-refractivity contribution in [3.63, 3.8) is 0 Å². The predicted molar refractivity (Wildman–Crippen MR) is 86.0 cm³/mol. The average molecular weight is 304 g/mol. The molecule has 0 aromatic heterocycles. The lowest BCUT2D eigenvalue weighted by Crippen LogP contribution is -2.50. The molecule has 1 heterocycles. The second kappa shape index (κ2) is 6.81. The molecule has 0 fully saturated rings. The van der Waals surface area contributed by atoms with Crippen LogP contribution in [0.4, 0.5) is 10.5 Å². The van der Waals surface area contributed by atoms with Crippen molar-refractivity contribution in [2.24, 2.45) is 5.92 Å². The predicted octanol–water partition coefficient (Wildman–Crippen LogP) is 2.65. The topological polar surface area (TPSA) is 58.6 Å². The van der Waals surface area contributed by atoms with Gasteiger partial charge in [-0.25, -0.2) is 9.59 Å². The van der Waals surface area contributed by atoms with E-state index in [1.165, 1.54) is 11.1 Å². The molecule has 1 aromatic rings. The maximum absolute atomic E-state index is 12.5. The van der Waals surface area contributed by atoms with Crippen molar-refractivity contribution in [3.8, 4) is 0 Å². The summed E-state index contributed by atoms with van der Waals surface area (Å²) in [6.45, 7) is 8.53. The summed E-state index contributed by atoms with van der Waals surface area (Å²) in [5.41, 5.74) is 3.29. The smallest absolute Gasteiger partial charge is 0.328 e. The number of anilines is 1. The van der Waals surface area contributed by atoms with E-state index in [2.05, 4.69) is 11.4 Å². The first-order valence-corrected chi connectivity index (χ1v) is 7.78. The second-order valence-corrected chi connectivity index (χ2v) is 5.96. The van der Waals surface area contributed by atoms with E-state index in [1.807, 2.05) is 32.9 Å². The van der Waals surface area contributed by atoms with E-state index in [9.17, 15) is 9.59 Å². The molecule has 0 saturated carbocycles. The summed E-state index contributed by atoms with van der Waals surface area (Å²) in [4.78, 5) is 26.2. The fourth-order valence-corrected chi connectivity index (χ4v) is 2.68. The number of fused-ring (bicyclic) bond motifs is 1. The maximum Gasteiger partial charge on any atom is 0.328 e. The zero-order valence-electron chi connectivity index (χ0n) is 13.7. The molecule has 1 N–H and O–H groups in total. The van der Waals surface area contributed by atoms with Crippen LogP contribution in [-0.2, 0) is 16.0 Å². The van der Waals surface area contributed by atoms with E-state index < -0.39 is 6.04 Å². The molecular formula is C17H24N2O3. The largest absolute Gasteiger partial charge is 0.464 e. The molecule has 1 aliphatic rings. The van der Waals surface area contributed by atoms with Crippen LogP contribution in [0.2, 0.25) is 0 Å². The Hall–Kier alpha value is -2.04. The molecule has 5 nitrogen and oxygen atoms in total. The standard InChI is InChI=1S/C17H24N2O3/c1-5-22-16(20)15(11(2)3)18-17(21)19-9-8-13-10-12(4)6-7-14(13)19/h6-7,10-11,15H,5,8-9H2,1-4H3,(H,18,21). The van der Waals surface area contributed by atoms with Crippen LogP contribution >= 0.6 is 0 Å². The fraction of sp³-hybridized carbons (Fsp3) is 0.529. The van der Waals surface area contributed by atoms with Gasteiger partial charge in [0.2, 0.25) is 0 Å². The van der Waals surface area contributed by atoms with E-state index in [1.54, 1.807) is 11.8 Å². The molecule has 2 rings (SSSR count). The molecule has 0 bridgehead atoms. The van der Waals surface area contributed by atoms with Crippen LogP contribution in [0, 0.1) is 12.8 Å². The Morgan fingerprint density at radius 3 is 2.73 bits per heavy atom. The van der Waals surface area contributed by atoms with Gasteiger partial charge in [-0.15, -0.1) is 0 Å². The summed E-state index contributed by atoms with van der Waals surface area (Å²) in [7, 11) is 0. The molecule has 1 aliphatic heterocycles. The number of rotatable bonds is 4.